The Labute approximate surface area is 88.8 Å². The first kappa shape index (κ1) is 9.71. The van der Waals surface area contributed by atoms with Crippen LogP contribution in [0.15, 0.2) is 30.7 Å². The highest BCUT2D eigenvalue weighted by Gasteiger charge is 2.00. The fraction of sp³-hybridized carbons (Fsp3) is 0.273. The smallest absolute Gasteiger partial charge is 0.126 e. The van der Waals surface area contributed by atoms with Gasteiger partial charge in [0.1, 0.15) is 5.82 Å². The number of aromatic nitrogens is 3. The van der Waals surface area contributed by atoms with Crippen molar-refractivity contribution in [1.29, 1.82) is 0 Å². The Morgan fingerprint density at radius 3 is 2.60 bits per heavy atom. The summed E-state index contributed by atoms with van der Waals surface area (Å²) in [4.78, 5) is 4.32. The van der Waals surface area contributed by atoms with Gasteiger partial charge < -0.3 is 5.32 Å². The van der Waals surface area contributed by atoms with Crippen LogP contribution in [0.3, 0.4) is 0 Å². The van der Waals surface area contributed by atoms with Crippen LogP contribution in [0.5, 0.6) is 0 Å². The summed E-state index contributed by atoms with van der Waals surface area (Å²) in [5.74, 6) is 0.900. The minimum absolute atomic E-state index is 0.400. The van der Waals surface area contributed by atoms with Gasteiger partial charge in [0.05, 0.1) is 6.20 Å². The zero-order chi connectivity index (χ0) is 10.7. The molecule has 0 radical (unpaired) electrons. The van der Waals surface area contributed by atoms with E-state index in [0.717, 1.165) is 16.9 Å². The lowest BCUT2D eigenvalue weighted by Crippen LogP contribution is -2.10. The molecule has 2 heterocycles. The maximum atomic E-state index is 4.32. The van der Waals surface area contributed by atoms with Crippen LogP contribution in [-0.4, -0.2) is 21.2 Å². The number of aromatic amines is 1. The Morgan fingerprint density at radius 1 is 1.20 bits per heavy atom. The highest BCUT2D eigenvalue weighted by atomic mass is 15.1. The number of anilines is 1. The monoisotopic (exact) mass is 202 g/mol. The van der Waals surface area contributed by atoms with Crippen LogP contribution in [0, 0.1) is 0 Å². The van der Waals surface area contributed by atoms with Crippen molar-refractivity contribution in [3.8, 4) is 11.1 Å². The van der Waals surface area contributed by atoms with Gasteiger partial charge in [-0.05, 0) is 26.0 Å². The van der Waals surface area contributed by atoms with Crippen LogP contribution in [-0.2, 0) is 0 Å². The Kier molecular flexibility index (Phi) is 2.67. The second-order valence-electron chi connectivity index (χ2n) is 3.72. The first-order chi connectivity index (χ1) is 7.25. The van der Waals surface area contributed by atoms with Crippen LogP contribution in [0.4, 0.5) is 5.82 Å². The van der Waals surface area contributed by atoms with Gasteiger partial charge in [-0.2, -0.15) is 5.10 Å². The number of hydrogen-bond donors (Lipinski definition) is 2. The third-order valence-electron chi connectivity index (χ3n) is 2.03. The summed E-state index contributed by atoms with van der Waals surface area (Å²) in [5, 5.41) is 9.93. The molecule has 4 heteroatoms. The summed E-state index contributed by atoms with van der Waals surface area (Å²) in [6.45, 7) is 4.18. The lowest BCUT2D eigenvalue weighted by atomic mass is 10.2. The van der Waals surface area contributed by atoms with Crippen molar-refractivity contribution in [2.75, 3.05) is 5.32 Å². The van der Waals surface area contributed by atoms with Gasteiger partial charge in [0.2, 0.25) is 0 Å². The van der Waals surface area contributed by atoms with E-state index in [4.69, 9.17) is 0 Å². The second kappa shape index (κ2) is 4.13. The van der Waals surface area contributed by atoms with Crippen molar-refractivity contribution in [2.24, 2.45) is 0 Å². The third kappa shape index (κ3) is 2.34. The average molecular weight is 202 g/mol. The van der Waals surface area contributed by atoms with Crippen LogP contribution < -0.4 is 5.32 Å². The van der Waals surface area contributed by atoms with E-state index in [2.05, 4.69) is 34.3 Å². The first-order valence-electron chi connectivity index (χ1n) is 4.97. The Hall–Kier alpha value is -1.84. The number of nitrogens with one attached hydrogen (secondary N) is 2. The molecule has 0 saturated carbocycles. The SMILES string of the molecule is CC(C)Nc1ccc(-c2cn[nH]c2)cn1. The van der Waals surface area contributed by atoms with Crippen molar-refractivity contribution >= 4 is 5.82 Å². The molecule has 2 aromatic heterocycles. The molecule has 0 spiro atoms. The number of pyridine rings is 1. The fourth-order valence-corrected chi connectivity index (χ4v) is 1.35. The van der Waals surface area contributed by atoms with Gasteiger partial charge >= 0.3 is 0 Å². The Morgan fingerprint density at radius 2 is 2.07 bits per heavy atom. The largest absolute Gasteiger partial charge is 0.368 e. The molecule has 4 nitrogen and oxygen atoms in total. The van der Waals surface area contributed by atoms with Crippen LogP contribution in [0.2, 0.25) is 0 Å². The number of hydrogen-bond acceptors (Lipinski definition) is 3. The standard InChI is InChI=1S/C11H14N4/c1-8(2)15-11-4-3-9(5-12-11)10-6-13-14-7-10/h3-8H,1-2H3,(H,12,15)(H,13,14). The summed E-state index contributed by atoms with van der Waals surface area (Å²) in [7, 11) is 0. The quantitative estimate of drug-likeness (QED) is 0.802. The zero-order valence-corrected chi connectivity index (χ0v) is 8.86. The predicted octanol–water partition coefficient (Wildman–Crippen LogP) is 2.29. The number of H-pyrrole nitrogens is 1. The van der Waals surface area contributed by atoms with E-state index in [1.807, 2.05) is 24.5 Å². The van der Waals surface area contributed by atoms with E-state index >= 15 is 0 Å². The lowest BCUT2D eigenvalue weighted by Gasteiger charge is -2.08. The molecular weight excluding hydrogens is 188 g/mol. The molecule has 2 N–H and O–H groups in total. The highest BCUT2D eigenvalue weighted by molar-refractivity contribution is 5.61. The zero-order valence-electron chi connectivity index (χ0n) is 8.86. The van der Waals surface area contributed by atoms with E-state index in [0.29, 0.717) is 6.04 Å². The molecule has 0 saturated heterocycles. The molecule has 0 bridgehead atoms. The molecule has 15 heavy (non-hydrogen) atoms. The molecule has 0 aliphatic rings. The van der Waals surface area contributed by atoms with E-state index in [9.17, 15) is 0 Å². The van der Waals surface area contributed by atoms with Gasteiger partial charge in [-0.1, -0.05) is 0 Å². The third-order valence-corrected chi connectivity index (χ3v) is 2.03. The van der Waals surface area contributed by atoms with E-state index in [1.165, 1.54) is 0 Å². The molecule has 0 aromatic carbocycles. The normalized spacial score (nSPS) is 10.6. The fourth-order valence-electron chi connectivity index (χ4n) is 1.35. The van der Waals surface area contributed by atoms with Crippen molar-refractivity contribution in [2.45, 2.75) is 19.9 Å². The molecule has 0 aliphatic carbocycles. The van der Waals surface area contributed by atoms with Crippen molar-refractivity contribution in [3.05, 3.63) is 30.7 Å². The molecule has 2 aromatic rings. The van der Waals surface area contributed by atoms with Gasteiger partial charge in [-0.25, -0.2) is 4.98 Å². The Bertz CT molecular complexity index is 403. The summed E-state index contributed by atoms with van der Waals surface area (Å²) in [5.41, 5.74) is 2.12. The van der Waals surface area contributed by atoms with Gasteiger partial charge in [0.25, 0.3) is 0 Å². The summed E-state index contributed by atoms with van der Waals surface area (Å²) >= 11 is 0. The molecule has 0 fully saturated rings. The first-order valence-corrected chi connectivity index (χ1v) is 4.97. The Balaban J connectivity index is 2.17. The molecule has 0 amide bonds. The topological polar surface area (TPSA) is 53.6 Å². The van der Waals surface area contributed by atoms with E-state index in [-0.39, 0.29) is 0 Å². The molecule has 0 aliphatic heterocycles. The molecule has 78 valence electrons. The number of rotatable bonds is 3. The van der Waals surface area contributed by atoms with E-state index in [1.54, 1.807) is 6.20 Å². The maximum absolute atomic E-state index is 4.32. The minimum Gasteiger partial charge on any atom is -0.368 e. The lowest BCUT2D eigenvalue weighted by molar-refractivity contribution is 0.889. The molecule has 2 rings (SSSR count). The van der Waals surface area contributed by atoms with Crippen molar-refractivity contribution < 1.29 is 0 Å². The van der Waals surface area contributed by atoms with Gasteiger partial charge in [-0.3, -0.25) is 5.10 Å². The highest BCUT2D eigenvalue weighted by Crippen LogP contribution is 2.17. The minimum atomic E-state index is 0.400. The summed E-state index contributed by atoms with van der Waals surface area (Å²) in [6.07, 6.45) is 5.48. The summed E-state index contributed by atoms with van der Waals surface area (Å²) in [6, 6.07) is 4.41. The molecule has 0 unspecified atom stereocenters. The summed E-state index contributed by atoms with van der Waals surface area (Å²) < 4.78 is 0. The predicted molar refractivity (Wildman–Crippen MR) is 60.6 cm³/mol. The number of nitrogens with zero attached hydrogens (tertiary/aromatic N) is 2. The molecular formula is C11H14N4. The van der Waals surface area contributed by atoms with Crippen LogP contribution in [0.1, 0.15) is 13.8 Å². The van der Waals surface area contributed by atoms with Gasteiger partial charge in [0, 0.05) is 29.6 Å². The van der Waals surface area contributed by atoms with E-state index < -0.39 is 0 Å². The maximum Gasteiger partial charge on any atom is 0.126 e. The second-order valence-corrected chi connectivity index (χ2v) is 3.72. The van der Waals surface area contributed by atoms with Crippen molar-refractivity contribution in [3.63, 3.8) is 0 Å². The van der Waals surface area contributed by atoms with Gasteiger partial charge in [-0.15, -0.1) is 0 Å². The van der Waals surface area contributed by atoms with Gasteiger partial charge in [0.15, 0.2) is 0 Å². The van der Waals surface area contributed by atoms with Crippen LogP contribution in [0.25, 0.3) is 11.1 Å². The van der Waals surface area contributed by atoms with Crippen molar-refractivity contribution in [1.82, 2.24) is 15.2 Å². The molecule has 0 atom stereocenters. The average Bonchev–Trinajstić information content (AvgIpc) is 2.71. The van der Waals surface area contributed by atoms with Crippen LogP contribution >= 0.6 is 0 Å².